The fraction of sp³-hybridized carbons (Fsp3) is 0.211. The van der Waals surface area contributed by atoms with Gasteiger partial charge in [0.25, 0.3) is 5.91 Å². The van der Waals surface area contributed by atoms with E-state index in [1.54, 1.807) is 24.3 Å². The van der Waals surface area contributed by atoms with E-state index in [2.05, 4.69) is 41.5 Å². The second kappa shape index (κ2) is 8.38. The lowest BCUT2D eigenvalue weighted by Gasteiger charge is -2.05. The van der Waals surface area contributed by atoms with Gasteiger partial charge in [-0.05, 0) is 35.9 Å². The summed E-state index contributed by atoms with van der Waals surface area (Å²) in [6.45, 7) is 4.33. The molecule has 0 aliphatic rings. The number of carbonyl (C=O) groups is 1. The highest BCUT2D eigenvalue weighted by Gasteiger charge is 2.12. The molecule has 1 heterocycles. The standard InChI is InChI=1S/C19H18ClN3O2S/c1-12(2)26-16-8-6-13(7-9-16)10-17-22-23-19(25-17)21-18(24)14-4-3-5-15(20)11-14/h3-9,11-12H,10H2,1-2H3,(H,21,23,24). The number of hydrogen-bond acceptors (Lipinski definition) is 5. The van der Waals surface area contributed by atoms with Gasteiger partial charge in [-0.3, -0.25) is 10.1 Å². The van der Waals surface area contributed by atoms with Gasteiger partial charge in [0.15, 0.2) is 0 Å². The summed E-state index contributed by atoms with van der Waals surface area (Å²) < 4.78 is 5.51. The highest BCUT2D eigenvalue weighted by Crippen LogP contribution is 2.23. The maximum Gasteiger partial charge on any atom is 0.322 e. The molecular weight excluding hydrogens is 370 g/mol. The van der Waals surface area contributed by atoms with Crippen molar-refractivity contribution in [3.63, 3.8) is 0 Å². The van der Waals surface area contributed by atoms with E-state index in [0.29, 0.717) is 28.1 Å². The minimum atomic E-state index is -0.349. The molecule has 0 saturated heterocycles. The summed E-state index contributed by atoms with van der Waals surface area (Å²) >= 11 is 7.71. The van der Waals surface area contributed by atoms with Crippen LogP contribution in [0.5, 0.6) is 0 Å². The zero-order valence-electron chi connectivity index (χ0n) is 14.4. The number of thioether (sulfide) groups is 1. The zero-order valence-corrected chi connectivity index (χ0v) is 16.0. The van der Waals surface area contributed by atoms with E-state index < -0.39 is 0 Å². The SMILES string of the molecule is CC(C)Sc1ccc(Cc2nnc(NC(=O)c3cccc(Cl)c3)o2)cc1. The average molecular weight is 388 g/mol. The van der Waals surface area contributed by atoms with E-state index in [1.165, 1.54) is 4.90 Å². The van der Waals surface area contributed by atoms with Crippen LogP contribution in [0.15, 0.2) is 57.8 Å². The Morgan fingerprint density at radius 3 is 2.65 bits per heavy atom. The molecule has 0 spiro atoms. The van der Waals surface area contributed by atoms with Crippen LogP contribution in [0.3, 0.4) is 0 Å². The number of nitrogens with one attached hydrogen (secondary N) is 1. The van der Waals surface area contributed by atoms with Gasteiger partial charge in [-0.15, -0.1) is 16.9 Å². The van der Waals surface area contributed by atoms with Crippen molar-refractivity contribution in [3.05, 3.63) is 70.6 Å². The topological polar surface area (TPSA) is 68.0 Å². The largest absolute Gasteiger partial charge is 0.407 e. The Hall–Kier alpha value is -2.31. The Morgan fingerprint density at radius 1 is 1.19 bits per heavy atom. The number of aromatic nitrogens is 2. The minimum Gasteiger partial charge on any atom is -0.407 e. The summed E-state index contributed by atoms with van der Waals surface area (Å²) in [7, 11) is 0. The van der Waals surface area contributed by atoms with Crippen LogP contribution in [0.2, 0.25) is 5.02 Å². The number of anilines is 1. The van der Waals surface area contributed by atoms with E-state index in [-0.39, 0.29) is 11.9 Å². The second-order valence-electron chi connectivity index (χ2n) is 5.95. The molecular formula is C19H18ClN3O2S. The molecule has 0 saturated carbocycles. The molecule has 0 radical (unpaired) electrons. The summed E-state index contributed by atoms with van der Waals surface area (Å²) in [5.74, 6) is 0.0911. The number of halogens is 1. The van der Waals surface area contributed by atoms with Crippen molar-refractivity contribution in [3.8, 4) is 0 Å². The summed E-state index contributed by atoms with van der Waals surface area (Å²) in [5.41, 5.74) is 1.49. The van der Waals surface area contributed by atoms with E-state index in [9.17, 15) is 4.79 Å². The van der Waals surface area contributed by atoms with E-state index in [4.69, 9.17) is 16.0 Å². The predicted molar refractivity (Wildman–Crippen MR) is 104 cm³/mol. The third kappa shape index (κ3) is 5.09. The Bertz CT molecular complexity index is 894. The van der Waals surface area contributed by atoms with Gasteiger partial charge in [-0.1, -0.05) is 48.7 Å². The van der Waals surface area contributed by atoms with Crippen LogP contribution in [0, 0.1) is 0 Å². The van der Waals surface area contributed by atoms with Crippen molar-refractivity contribution >= 4 is 35.3 Å². The first-order valence-corrected chi connectivity index (χ1v) is 9.40. The first-order chi connectivity index (χ1) is 12.5. The van der Waals surface area contributed by atoms with Crippen molar-refractivity contribution in [1.29, 1.82) is 0 Å². The highest BCUT2D eigenvalue weighted by molar-refractivity contribution is 7.99. The van der Waals surface area contributed by atoms with Gasteiger partial charge in [0, 0.05) is 20.7 Å². The number of carbonyl (C=O) groups excluding carboxylic acids is 1. The molecule has 0 aliphatic heterocycles. The van der Waals surface area contributed by atoms with Gasteiger partial charge >= 0.3 is 6.01 Å². The molecule has 1 N–H and O–H groups in total. The molecule has 26 heavy (non-hydrogen) atoms. The number of nitrogens with zero attached hydrogens (tertiary/aromatic N) is 2. The fourth-order valence-corrected chi connectivity index (χ4v) is 3.34. The van der Waals surface area contributed by atoms with Crippen LogP contribution in [0.1, 0.15) is 35.7 Å². The fourth-order valence-electron chi connectivity index (χ4n) is 2.31. The number of amides is 1. The van der Waals surface area contributed by atoms with Gasteiger partial charge in [-0.2, -0.15) is 0 Å². The lowest BCUT2D eigenvalue weighted by Crippen LogP contribution is -2.11. The van der Waals surface area contributed by atoms with Crippen LogP contribution in [-0.4, -0.2) is 21.4 Å². The molecule has 3 rings (SSSR count). The van der Waals surface area contributed by atoms with Gasteiger partial charge in [-0.25, -0.2) is 0 Å². The molecule has 0 aliphatic carbocycles. The van der Waals surface area contributed by atoms with Crippen molar-refractivity contribution in [2.24, 2.45) is 0 Å². The van der Waals surface area contributed by atoms with Gasteiger partial charge in [0.1, 0.15) is 0 Å². The first kappa shape index (κ1) is 18.5. The Balaban J connectivity index is 1.62. The molecule has 0 fully saturated rings. The number of rotatable bonds is 6. The molecule has 0 unspecified atom stereocenters. The lowest BCUT2D eigenvalue weighted by atomic mass is 10.1. The van der Waals surface area contributed by atoms with Gasteiger partial charge in [0.05, 0.1) is 6.42 Å². The van der Waals surface area contributed by atoms with E-state index in [0.717, 1.165) is 5.56 Å². The second-order valence-corrected chi connectivity index (χ2v) is 8.04. The van der Waals surface area contributed by atoms with E-state index in [1.807, 2.05) is 23.9 Å². The number of benzene rings is 2. The zero-order chi connectivity index (χ0) is 18.5. The molecule has 5 nitrogen and oxygen atoms in total. The Morgan fingerprint density at radius 2 is 1.96 bits per heavy atom. The van der Waals surface area contributed by atoms with E-state index >= 15 is 0 Å². The first-order valence-electron chi connectivity index (χ1n) is 8.14. The summed E-state index contributed by atoms with van der Waals surface area (Å²) in [6, 6.07) is 15.0. The van der Waals surface area contributed by atoms with Crippen LogP contribution in [0.4, 0.5) is 6.01 Å². The van der Waals surface area contributed by atoms with Crippen molar-refractivity contribution < 1.29 is 9.21 Å². The van der Waals surface area contributed by atoms with Crippen molar-refractivity contribution in [1.82, 2.24) is 10.2 Å². The molecule has 3 aromatic rings. The third-order valence-corrected chi connectivity index (χ3v) is 4.68. The molecule has 0 bridgehead atoms. The van der Waals surface area contributed by atoms with Crippen LogP contribution >= 0.6 is 23.4 Å². The molecule has 1 aromatic heterocycles. The average Bonchev–Trinajstić information content (AvgIpc) is 3.03. The molecule has 0 atom stereocenters. The predicted octanol–water partition coefficient (Wildman–Crippen LogP) is 5.07. The van der Waals surface area contributed by atoms with Crippen molar-refractivity contribution in [2.75, 3.05) is 5.32 Å². The van der Waals surface area contributed by atoms with Crippen LogP contribution in [-0.2, 0) is 6.42 Å². The maximum absolute atomic E-state index is 12.2. The summed E-state index contributed by atoms with van der Waals surface area (Å²) in [6.07, 6.45) is 0.507. The smallest absolute Gasteiger partial charge is 0.322 e. The quantitative estimate of drug-likeness (QED) is 0.598. The summed E-state index contributed by atoms with van der Waals surface area (Å²) in [4.78, 5) is 13.4. The molecule has 7 heteroatoms. The molecule has 134 valence electrons. The monoisotopic (exact) mass is 387 g/mol. The van der Waals surface area contributed by atoms with Gasteiger partial charge < -0.3 is 4.42 Å². The normalized spacial score (nSPS) is 10.9. The van der Waals surface area contributed by atoms with Crippen LogP contribution < -0.4 is 5.32 Å². The highest BCUT2D eigenvalue weighted by atomic mass is 35.5. The number of hydrogen-bond donors (Lipinski definition) is 1. The Labute approximate surface area is 161 Å². The third-order valence-electron chi connectivity index (χ3n) is 3.42. The molecule has 2 aromatic carbocycles. The maximum atomic E-state index is 12.2. The summed E-state index contributed by atoms with van der Waals surface area (Å²) in [5, 5.41) is 11.5. The van der Waals surface area contributed by atoms with Gasteiger partial charge in [0.2, 0.25) is 5.89 Å². The lowest BCUT2D eigenvalue weighted by molar-refractivity contribution is 0.102. The van der Waals surface area contributed by atoms with Crippen LogP contribution in [0.25, 0.3) is 0 Å². The van der Waals surface area contributed by atoms with Crippen molar-refractivity contribution in [2.45, 2.75) is 30.4 Å². The Kier molecular flexibility index (Phi) is 5.96. The minimum absolute atomic E-state index is 0.0666. The molecule has 1 amide bonds.